The van der Waals surface area contributed by atoms with Crippen molar-refractivity contribution >= 4 is 0 Å². The molecule has 0 aliphatic carbocycles. The predicted octanol–water partition coefficient (Wildman–Crippen LogP) is 2.09. The van der Waals surface area contributed by atoms with E-state index in [0.717, 1.165) is 38.5 Å². The van der Waals surface area contributed by atoms with Crippen LogP contribution in [-0.4, -0.2) is 34.1 Å². The summed E-state index contributed by atoms with van der Waals surface area (Å²) in [4.78, 5) is 0. The molecule has 0 aromatic rings. The molecular formula is C13H28O3. The Hall–Kier alpha value is -0.120. The summed E-state index contributed by atoms with van der Waals surface area (Å²) in [5, 5.41) is 28.6. The third kappa shape index (κ3) is 4.04. The van der Waals surface area contributed by atoms with E-state index in [0.29, 0.717) is 0 Å². The zero-order valence-corrected chi connectivity index (χ0v) is 10.9. The normalized spacial score (nSPS) is 16.1. The third-order valence-corrected chi connectivity index (χ3v) is 3.87. The summed E-state index contributed by atoms with van der Waals surface area (Å²) in [5.41, 5.74) is -0.239. The molecule has 0 spiro atoms. The zero-order chi connectivity index (χ0) is 12.6. The van der Waals surface area contributed by atoms with Crippen molar-refractivity contribution in [1.29, 1.82) is 0 Å². The molecule has 0 aliphatic heterocycles. The van der Waals surface area contributed by atoms with E-state index in [2.05, 4.69) is 6.92 Å². The number of hydrogen-bond donors (Lipinski definition) is 3. The molecule has 0 radical (unpaired) electrons. The summed E-state index contributed by atoms with van der Waals surface area (Å²) >= 11 is 0. The summed E-state index contributed by atoms with van der Waals surface area (Å²) in [6.07, 6.45) is 4.16. The van der Waals surface area contributed by atoms with Crippen LogP contribution in [0.1, 0.15) is 59.3 Å². The van der Waals surface area contributed by atoms with Crippen LogP contribution in [-0.2, 0) is 0 Å². The molecule has 16 heavy (non-hydrogen) atoms. The van der Waals surface area contributed by atoms with Crippen molar-refractivity contribution in [3.8, 4) is 0 Å². The molecule has 0 heterocycles. The molecule has 0 amide bonds. The molecule has 3 heteroatoms. The van der Waals surface area contributed by atoms with Gasteiger partial charge in [0.15, 0.2) is 0 Å². The Morgan fingerprint density at radius 3 is 1.94 bits per heavy atom. The van der Waals surface area contributed by atoms with Crippen LogP contribution in [0.3, 0.4) is 0 Å². The molecule has 0 fully saturated rings. The molecule has 98 valence electrons. The van der Waals surface area contributed by atoms with Crippen LogP contribution >= 0.6 is 0 Å². The van der Waals surface area contributed by atoms with Crippen LogP contribution in [0.5, 0.6) is 0 Å². The lowest BCUT2D eigenvalue weighted by Crippen LogP contribution is -2.44. The first-order chi connectivity index (χ1) is 7.57. The minimum absolute atomic E-state index is 0.239. The minimum Gasteiger partial charge on any atom is -0.394 e. The highest BCUT2D eigenvalue weighted by atomic mass is 16.4. The lowest BCUT2D eigenvalue weighted by Gasteiger charge is -2.38. The monoisotopic (exact) mass is 232 g/mol. The Labute approximate surface area is 99.5 Å². The number of aliphatic hydroxyl groups excluding tert-OH is 3. The second kappa shape index (κ2) is 8.04. The van der Waals surface area contributed by atoms with E-state index in [1.54, 1.807) is 0 Å². The molecule has 2 unspecified atom stereocenters. The Balaban J connectivity index is 4.52. The fourth-order valence-electron chi connectivity index (χ4n) is 2.40. The Morgan fingerprint density at radius 2 is 1.56 bits per heavy atom. The van der Waals surface area contributed by atoms with E-state index in [4.69, 9.17) is 5.11 Å². The van der Waals surface area contributed by atoms with Crippen LogP contribution in [0.25, 0.3) is 0 Å². The molecule has 0 aromatic carbocycles. The smallest absolute Gasteiger partial charge is 0.103 e. The number of rotatable bonds is 9. The summed E-state index contributed by atoms with van der Waals surface area (Å²) in [6, 6.07) is 0. The summed E-state index contributed by atoms with van der Waals surface area (Å²) in [7, 11) is 0. The fraction of sp³-hybridized carbons (Fsp3) is 1.00. The van der Waals surface area contributed by atoms with E-state index in [1.165, 1.54) is 0 Å². The minimum atomic E-state index is -1.01. The first-order valence-electron chi connectivity index (χ1n) is 6.54. The quantitative estimate of drug-likeness (QED) is 0.533. The van der Waals surface area contributed by atoms with Gasteiger partial charge < -0.3 is 15.3 Å². The molecule has 0 aliphatic rings. The van der Waals surface area contributed by atoms with Crippen LogP contribution in [0, 0.1) is 5.41 Å². The molecule has 0 aromatic heterocycles. The van der Waals surface area contributed by atoms with Gasteiger partial charge in [-0.25, -0.2) is 0 Å². The lowest BCUT2D eigenvalue weighted by molar-refractivity contribution is -0.0911. The third-order valence-electron chi connectivity index (χ3n) is 3.87. The van der Waals surface area contributed by atoms with Gasteiger partial charge in [-0.1, -0.05) is 40.0 Å². The molecule has 0 saturated carbocycles. The van der Waals surface area contributed by atoms with Gasteiger partial charge in [0.25, 0.3) is 0 Å². The Morgan fingerprint density at radius 1 is 1.00 bits per heavy atom. The first-order valence-corrected chi connectivity index (χ1v) is 6.54. The Bertz CT molecular complexity index is 167. The van der Waals surface area contributed by atoms with Crippen molar-refractivity contribution < 1.29 is 15.3 Å². The topological polar surface area (TPSA) is 60.7 Å². The summed E-state index contributed by atoms with van der Waals surface area (Å²) in [5.74, 6) is 0. The van der Waals surface area contributed by atoms with Gasteiger partial charge in [0.2, 0.25) is 0 Å². The van der Waals surface area contributed by atoms with E-state index in [9.17, 15) is 10.2 Å². The average molecular weight is 232 g/mol. The second-order valence-electron chi connectivity index (χ2n) is 4.72. The highest BCUT2D eigenvalue weighted by molar-refractivity contribution is 4.88. The van der Waals surface area contributed by atoms with Crippen molar-refractivity contribution in [2.45, 2.75) is 71.5 Å². The van der Waals surface area contributed by atoms with E-state index in [1.807, 2.05) is 13.8 Å². The zero-order valence-electron chi connectivity index (χ0n) is 10.9. The van der Waals surface area contributed by atoms with Gasteiger partial charge in [0.05, 0.1) is 12.7 Å². The number of aliphatic hydroxyl groups is 3. The number of unbranched alkanes of at least 4 members (excludes halogenated alkanes) is 2. The fourth-order valence-corrected chi connectivity index (χ4v) is 2.40. The SMILES string of the molecule is CCCCCC(CC)(CC)C(O)C(O)CO. The molecule has 2 atom stereocenters. The highest BCUT2D eigenvalue weighted by Crippen LogP contribution is 2.37. The molecule has 0 saturated heterocycles. The van der Waals surface area contributed by atoms with Gasteiger partial charge in [0.1, 0.15) is 6.10 Å². The largest absolute Gasteiger partial charge is 0.394 e. The second-order valence-corrected chi connectivity index (χ2v) is 4.72. The van der Waals surface area contributed by atoms with Gasteiger partial charge in [-0.3, -0.25) is 0 Å². The first kappa shape index (κ1) is 15.9. The van der Waals surface area contributed by atoms with Crippen LogP contribution < -0.4 is 0 Å². The molecular weight excluding hydrogens is 204 g/mol. The van der Waals surface area contributed by atoms with Gasteiger partial charge in [-0.05, 0) is 24.7 Å². The summed E-state index contributed by atoms with van der Waals surface area (Å²) in [6.45, 7) is 5.88. The van der Waals surface area contributed by atoms with E-state index >= 15 is 0 Å². The van der Waals surface area contributed by atoms with Gasteiger partial charge in [0, 0.05) is 0 Å². The van der Waals surface area contributed by atoms with Crippen LogP contribution in [0.2, 0.25) is 0 Å². The highest BCUT2D eigenvalue weighted by Gasteiger charge is 2.37. The maximum absolute atomic E-state index is 10.1. The summed E-state index contributed by atoms with van der Waals surface area (Å²) < 4.78 is 0. The number of hydrogen-bond acceptors (Lipinski definition) is 3. The molecule has 0 bridgehead atoms. The van der Waals surface area contributed by atoms with Crippen molar-refractivity contribution in [2.75, 3.05) is 6.61 Å². The van der Waals surface area contributed by atoms with E-state index in [-0.39, 0.29) is 12.0 Å². The van der Waals surface area contributed by atoms with Crippen molar-refractivity contribution in [3.63, 3.8) is 0 Å². The van der Waals surface area contributed by atoms with Gasteiger partial charge in [-0.2, -0.15) is 0 Å². The van der Waals surface area contributed by atoms with Gasteiger partial charge in [-0.15, -0.1) is 0 Å². The Kier molecular flexibility index (Phi) is 7.98. The predicted molar refractivity (Wildman–Crippen MR) is 66.3 cm³/mol. The van der Waals surface area contributed by atoms with Crippen molar-refractivity contribution in [1.82, 2.24) is 0 Å². The van der Waals surface area contributed by atoms with Gasteiger partial charge >= 0.3 is 0 Å². The standard InChI is InChI=1S/C13H28O3/c1-4-7-8-9-13(5-2,6-3)12(16)11(15)10-14/h11-12,14-16H,4-10H2,1-3H3. The molecule has 0 rings (SSSR count). The molecule has 3 N–H and O–H groups in total. The lowest BCUT2D eigenvalue weighted by atomic mass is 9.71. The van der Waals surface area contributed by atoms with Crippen LogP contribution in [0.4, 0.5) is 0 Å². The van der Waals surface area contributed by atoms with Crippen molar-refractivity contribution in [3.05, 3.63) is 0 Å². The molecule has 3 nitrogen and oxygen atoms in total. The average Bonchev–Trinajstić information content (AvgIpc) is 2.33. The van der Waals surface area contributed by atoms with E-state index < -0.39 is 12.2 Å². The maximum Gasteiger partial charge on any atom is 0.103 e. The van der Waals surface area contributed by atoms with Crippen LogP contribution in [0.15, 0.2) is 0 Å². The maximum atomic E-state index is 10.1. The van der Waals surface area contributed by atoms with Crippen molar-refractivity contribution in [2.24, 2.45) is 5.41 Å².